The summed E-state index contributed by atoms with van der Waals surface area (Å²) in [6.07, 6.45) is 1.05. The predicted molar refractivity (Wildman–Crippen MR) is 66.8 cm³/mol. The molecule has 0 saturated carbocycles. The first-order valence-corrected chi connectivity index (χ1v) is 6.57. The molecule has 2 saturated heterocycles. The van der Waals surface area contributed by atoms with Crippen LogP contribution in [0.15, 0.2) is 0 Å². The Balaban J connectivity index is 2.06. The molecule has 0 aromatic heterocycles. The van der Waals surface area contributed by atoms with E-state index < -0.39 is 6.10 Å². The third-order valence-corrected chi connectivity index (χ3v) is 3.89. The summed E-state index contributed by atoms with van der Waals surface area (Å²) in [6, 6.07) is -0.279. The maximum atomic E-state index is 12.2. The van der Waals surface area contributed by atoms with Gasteiger partial charge in [-0.1, -0.05) is 20.8 Å². The van der Waals surface area contributed by atoms with Crippen LogP contribution in [0.4, 0.5) is 0 Å². The molecule has 2 rings (SSSR count). The highest BCUT2D eigenvalue weighted by molar-refractivity contribution is 5.95. The summed E-state index contributed by atoms with van der Waals surface area (Å²) in [4.78, 5) is 27.4. The number of fused-ring (bicyclic) bond motifs is 1. The van der Waals surface area contributed by atoms with E-state index in [1.165, 1.54) is 4.90 Å². The van der Waals surface area contributed by atoms with Crippen molar-refractivity contribution in [1.29, 1.82) is 0 Å². The summed E-state index contributed by atoms with van der Waals surface area (Å²) in [5.74, 6) is 0.00797. The van der Waals surface area contributed by atoms with Crippen molar-refractivity contribution in [2.24, 2.45) is 5.41 Å². The maximum absolute atomic E-state index is 12.2. The van der Waals surface area contributed by atoms with Gasteiger partial charge in [0.2, 0.25) is 11.8 Å². The molecule has 2 fully saturated rings. The Morgan fingerprint density at radius 2 is 2.06 bits per heavy atom. The van der Waals surface area contributed by atoms with Gasteiger partial charge in [0.15, 0.2) is 0 Å². The van der Waals surface area contributed by atoms with E-state index in [4.69, 9.17) is 0 Å². The van der Waals surface area contributed by atoms with E-state index >= 15 is 0 Å². The summed E-state index contributed by atoms with van der Waals surface area (Å²) in [7, 11) is 0. The van der Waals surface area contributed by atoms with Crippen molar-refractivity contribution in [2.75, 3.05) is 19.6 Å². The van der Waals surface area contributed by atoms with Crippen LogP contribution in [0.3, 0.4) is 0 Å². The van der Waals surface area contributed by atoms with Crippen molar-refractivity contribution in [3.8, 4) is 0 Å². The second kappa shape index (κ2) is 4.53. The van der Waals surface area contributed by atoms with Gasteiger partial charge in [0, 0.05) is 13.1 Å². The standard InChI is InChI=1S/C13H22N2O3/c1-13(2,3)10(16)7-14-8-11(17)15-6-4-5-9(15)12(14)18/h9-10,16H,4-8H2,1-3H3. The molecule has 2 aliphatic rings. The van der Waals surface area contributed by atoms with E-state index in [1.54, 1.807) is 4.90 Å². The molecule has 2 atom stereocenters. The zero-order valence-corrected chi connectivity index (χ0v) is 11.3. The lowest BCUT2D eigenvalue weighted by molar-refractivity contribution is -0.155. The van der Waals surface area contributed by atoms with Crippen molar-refractivity contribution >= 4 is 11.8 Å². The smallest absolute Gasteiger partial charge is 0.245 e. The quantitative estimate of drug-likeness (QED) is 0.767. The molecule has 0 bridgehead atoms. The number of nitrogens with zero attached hydrogens (tertiary/aromatic N) is 2. The number of rotatable bonds is 2. The first kappa shape index (κ1) is 13.3. The summed E-state index contributed by atoms with van der Waals surface area (Å²) >= 11 is 0. The molecular weight excluding hydrogens is 232 g/mol. The van der Waals surface area contributed by atoms with Crippen LogP contribution < -0.4 is 0 Å². The molecule has 102 valence electrons. The minimum atomic E-state index is -0.609. The molecule has 5 heteroatoms. The number of hydrogen-bond acceptors (Lipinski definition) is 3. The predicted octanol–water partition coefficient (Wildman–Crippen LogP) is 0.227. The summed E-state index contributed by atoms with van der Waals surface area (Å²) < 4.78 is 0. The zero-order chi connectivity index (χ0) is 13.5. The number of hydrogen-bond donors (Lipinski definition) is 1. The monoisotopic (exact) mass is 254 g/mol. The van der Waals surface area contributed by atoms with Gasteiger partial charge in [-0.3, -0.25) is 9.59 Å². The Labute approximate surface area is 108 Å². The Morgan fingerprint density at radius 3 is 2.67 bits per heavy atom. The molecular formula is C13H22N2O3. The van der Waals surface area contributed by atoms with E-state index in [0.29, 0.717) is 6.54 Å². The topological polar surface area (TPSA) is 60.9 Å². The first-order valence-electron chi connectivity index (χ1n) is 6.57. The SMILES string of the molecule is CC(C)(C)C(O)CN1CC(=O)N2CCCC2C1=O. The molecule has 0 spiro atoms. The van der Waals surface area contributed by atoms with Gasteiger partial charge in [0.25, 0.3) is 0 Å². The molecule has 1 N–H and O–H groups in total. The van der Waals surface area contributed by atoms with Gasteiger partial charge in [-0.15, -0.1) is 0 Å². The van der Waals surface area contributed by atoms with Crippen molar-refractivity contribution in [2.45, 2.75) is 45.8 Å². The van der Waals surface area contributed by atoms with Gasteiger partial charge < -0.3 is 14.9 Å². The number of aliphatic hydroxyl groups is 1. The number of carbonyl (C=O) groups is 2. The minimum absolute atomic E-state index is 0.00426. The Kier molecular flexibility index (Phi) is 3.36. The van der Waals surface area contributed by atoms with E-state index in [-0.39, 0.29) is 36.4 Å². The average Bonchev–Trinajstić information content (AvgIpc) is 2.73. The van der Waals surface area contributed by atoms with Crippen LogP contribution in [-0.2, 0) is 9.59 Å². The van der Waals surface area contributed by atoms with Crippen LogP contribution in [0.5, 0.6) is 0 Å². The minimum Gasteiger partial charge on any atom is -0.391 e. The van der Waals surface area contributed by atoms with E-state index in [1.807, 2.05) is 20.8 Å². The summed E-state index contributed by atoms with van der Waals surface area (Å²) in [6.45, 7) is 6.84. The number of β-amino-alcohol motifs (C(OH)–C–C–N with tert-alkyl or cyclic N) is 1. The molecule has 18 heavy (non-hydrogen) atoms. The van der Waals surface area contributed by atoms with Crippen LogP contribution in [0, 0.1) is 5.41 Å². The fourth-order valence-corrected chi connectivity index (χ4v) is 2.50. The van der Waals surface area contributed by atoms with Crippen LogP contribution in [0.1, 0.15) is 33.6 Å². The third kappa shape index (κ3) is 2.36. The molecule has 0 aliphatic carbocycles. The van der Waals surface area contributed by atoms with E-state index in [2.05, 4.69) is 0 Å². The molecule has 0 aromatic carbocycles. The summed E-state index contributed by atoms with van der Waals surface area (Å²) in [5.41, 5.74) is -0.282. The molecule has 2 unspecified atom stereocenters. The summed E-state index contributed by atoms with van der Waals surface area (Å²) in [5, 5.41) is 10.1. The van der Waals surface area contributed by atoms with Gasteiger partial charge in [-0.25, -0.2) is 0 Å². The maximum Gasteiger partial charge on any atom is 0.245 e. The fraction of sp³-hybridized carbons (Fsp3) is 0.846. The second-order valence-electron chi connectivity index (χ2n) is 6.35. The number of piperazine rings is 1. The number of aliphatic hydroxyl groups excluding tert-OH is 1. The molecule has 0 aromatic rings. The van der Waals surface area contributed by atoms with Crippen LogP contribution in [0.25, 0.3) is 0 Å². The van der Waals surface area contributed by atoms with Gasteiger partial charge in [-0.2, -0.15) is 0 Å². The molecule has 2 amide bonds. The number of carbonyl (C=O) groups excluding carboxylic acids is 2. The third-order valence-electron chi connectivity index (χ3n) is 3.89. The molecule has 0 radical (unpaired) electrons. The van der Waals surface area contributed by atoms with Crippen LogP contribution >= 0.6 is 0 Å². The van der Waals surface area contributed by atoms with Gasteiger partial charge in [0.1, 0.15) is 6.04 Å². The lowest BCUT2D eigenvalue weighted by Gasteiger charge is -2.39. The average molecular weight is 254 g/mol. The van der Waals surface area contributed by atoms with Crippen LogP contribution in [-0.4, -0.2) is 58.5 Å². The Bertz CT molecular complexity index is 362. The zero-order valence-electron chi connectivity index (χ0n) is 11.3. The first-order chi connectivity index (χ1) is 8.30. The highest BCUT2D eigenvalue weighted by Crippen LogP contribution is 2.26. The van der Waals surface area contributed by atoms with Crippen molar-refractivity contribution in [1.82, 2.24) is 9.80 Å². The Hall–Kier alpha value is -1.10. The van der Waals surface area contributed by atoms with Gasteiger partial charge in [0.05, 0.1) is 12.6 Å². The number of amides is 2. The van der Waals surface area contributed by atoms with Crippen molar-refractivity contribution < 1.29 is 14.7 Å². The highest BCUT2D eigenvalue weighted by atomic mass is 16.3. The van der Waals surface area contributed by atoms with Gasteiger partial charge in [-0.05, 0) is 18.3 Å². The van der Waals surface area contributed by atoms with Crippen molar-refractivity contribution in [3.63, 3.8) is 0 Å². The highest BCUT2D eigenvalue weighted by Gasteiger charge is 2.42. The van der Waals surface area contributed by atoms with Crippen molar-refractivity contribution in [3.05, 3.63) is 0 Å². The Morgan fingerprint density at radius 1 is 1.39 bits per heavy atom. The second-order valence-corrected chi connectivity index (χ2v) is 6.35. The molecule has 5 nitrogen and oxygen atoms in total. The van der Waals surface area contributed by atoms with E-state index in [9.17, 15) is 14.7 Å². The van der Waals surface area contributed by atoms with E-state index in [0.717, 1.165) is 12.8 Å². The fourth-order valence-electron chi connectivity index (χ4n) is 2.50. The lowest BCUT2D eigenvalue weighted by atomic mass is 9.88. The molecule has 2 heterocycles. The normalized spacial score (nSPS) is 26.6. The lowest BCUT2D eigenvalue weighted by Crippen LogP contribution is -2.59. The molecule has 2 aliphatic heterocycles. The largest absolute Gasteiger partial charge is 0.391 e. The van der Waals surface area contributed by atoms with Crippen LogP contribution in [0.2, 0.25) is 0 Å². The van der Waals surface area contributed by atoms with Gasteiger partial charge >= 0.3 is 0 Å².